The van der Waals surface area contributed by atoms with Gasteiger partial charge in [-0.15, -0.1) is 0 Å². The molecule has 0 spiro atoms. The number of hydrogen-bond acceptors (Lipinski definition) is 3. The number of benzene rings is 2. The molecule has 1 aliphatic heterocycles. The summed E-state index contributed by atoms with van der Waals surface area (Å²) in [5, 5.41) is 3.80. The molecule has 0 aliphatic carbocycles. The Balaban J connectivity index is 1.45. The molecular weight excluding hydrogens is 376 g/mol. The first-order valence-corrected chi connectivity index (χ1v) is 9.19. The standard InChI is InChI=1S/C19H20Cl2FN3O/c20-15-3-6-17(21)18(11-15)23-19(26)13-25-9-7-24(8-10-25)12-14-1-4-16(22)5-2-14/h1-6,11H,7-10,12-13H2,(H,23,26). The van der Waals surface area contributed by atoms with E-state index in [0.29, 0.717) is 22.3 Å². The molecule has 0 aromatic heterocycles. The number of carbonyl (C=O) groups excluding carboxylic acids is 1. The number of nitrogens with zero attached hydrogens (tertiary/aromatic N) is 2. The van der Waals surface area contributed by atoms with Crippen molar-refractivity contribution >= 4 is 34.8 Å². The molecule has 1 N–H and O–H groups in total. The van der Waals surface area contributed by atoms with Crippen LogP contribution in [0.2, 0.25) is 10.0 Å². The summed E-state index contributed by atoms with van der Waals surface area (Å²) in [5.74, 6) is -0.328. The van der Waals surface area contributed by atoms with Crippen LogP contribution in [0.1, 0.15) is 5.56 Å². The number of anilines is 1. The Morgan fingerprint density at radius 2 is 1.65 bits per heavy atom. The second kappa shape index (κ2) is 8.82. The zero-order chi connectivity index (χ0) is 18.5. The van der Waals surface area contributed by atoms with Crippen molar-refractivity contribution in [1.29, 1.82) is 0 Å². The van der Waals surface area contributed by atoms with Crippen molar-refractivity contribution in [3.63, 3.8) is 0 Å². The summed E-state index contributed by atoms with van der Waals surface area (Å²) >= 11 is 12.0. The zero-order valence-corrected chi connectivity index (χ0v) is 15.7. The highest BCUT2D eigenvalue weighted by atomic mass is 35.5. The Labute approximate surface area is 162 Å². The van der Waals surface area contributed by atoms with Crippen LogP contribution >= 0.6 is 23.2 Å². The molecule has 1 heterocycles. The van der Waals surface area contributed by atoms with Gasteiger partial charge in [-0.1, -0.05) is 35.3 Å². The minimum atomic E-state index is -0.218. The lowest BCUT2D eigenvalue weighted by Gasteiger charge is -2.34. The van der Waals surface area contributed by atoms with E-state index in [-0.39, 0.29) is 11.7 Å². The van der Waals surface area contributed by atoms with Gasteiger partial charge in [0.25, 0.3) is 0 Å². The third kappa shape index (κ3) is 5.42. The minimum absolute atomic E-state index is 0.110. The van der Waals surface area contributed by atoms with Gasteiger partial charge in [0.15, 0.2) is 0 Å². The van der Waals surface area contributed by atoms with E-state index in [1.54, 1.807) is 18.2 Å². The maximum atomic E-state index is 13.0. The van der Waals surface area contributed by atoms with Gasteiger partial charge in [-0.25, -0.2) is 4.39 Å². The van der Waals surface area contributed by atoms with Crippen molar-refractivity contribution in [2.45, 2.75) is 6.54 Å². The number of piperazine rings is 1. The average Bonchev–Trinajstić information content (AvgIpc) is 2.62. The Kier molecular flexibility index (Phi) is 6.48. The molecule has 1 fully saturated rings. The quantitative estimate of drug-likeness (QED) is 0.833. The molecule has 1 aliphatic rings. The van der Waals surface area contributed by atoms with Crippen molar-refractivity contribution in [2.75, 3.05) is 38.0 Å². The summed E-state index contributed by atoms with van der Waals surface area (Å²) in [5.41, 5.74) is 1.62. The molecule has 2 aromatic rings. The lowest BCUT2D eigenvalue weighted by atomic mass is 10.2. The van der Waals surface area contributed by atoms with Crippen molar-refractivity contribution in [3.05, 3.63) is 63.9 Å². The first-order chi connectivity index (χ1) is 12.5. The first-order valence-electron chi connectivity index (χ1n) is 8.43. The molecule has 26 heavy (non-hydrogen) atoms. The van der Waals surface area contributed by atoms with E-state index < -0.39 is 0 Å². The topological polar surface area (TPSA) is 35.6 Å². The van der Waals surface area contributed by atoms with Gasteiger partial charge in [0, 0.05) is 37.7 Å². The fourth-order valence-electron chi connectivity index (χ4n) is 2.94. The van der Waals surface area contributed by atoms with Crippen LogP contribution in [0.5, 0.6) is 0 Å². The molecule has 0 atom stereocenters. The fraction of sp³-hybridized carbons (Fsp3) is 0.316. The SMILES string of the molecule is O=C(CN1CCN(Cc2ccc(F)cc2)CC1)Nc1cc(Cl)ccc1Cl. The smallest absolute Gasteiger partial charge is 0.238 e. The van der Waals surface area contributed by atoms with Crippen LogP contribution < -0.4 is 5.32 Å². The van der Waals surface area contributed by atoms with Crippen LogP contribution in [0, 0.1) is 5.82 Å². The highest BCUT2D eigenvalue weighted by molar-refractivity contribution is 6.35. The second-order valence-corrected chi connectivity index (χ2v) is 7.19. The van der Waals surface area contributed by atoms with Gasteiger partial charge in [-0.05, 0) is 35.9 Å². The molecule has 0 radical (unpaired) electrons. The molecule has 138 valence electrons. The van der Waals surface area contributed by atoms with Crippen molar-refractivity contribution < 1.29 is 9.18 Å². The number of nitrogens with one attached hydrogen (secondary N) is 1. The van der Waals surface area contributed by atoms with Gasteiger partial charge in [0.2, 0.25) is 5.91 Å². The summed E-state index contributed by atoms with van der Waals surface area (Å²) < 4.78 is 13.0. The maximum Gasteiger partial charge on any atom is 0.238 e. The molecular formula is C19H20Cl2FN3O. The lowest BCUT2D eigenvalue weighted by Crippen LogP contribution is -2.48. The summed E-state index contributed by atoms with van der Waals surface area (Å²) in [6.07, 6.45) is 0. The Morgan fingerprint density at radius 1 is 1.00 bits per heavy atom. The van der Waals surface area contributed by atoms with Gasteiger partial charge in [0.05, 0.1) is 17.3 Å². The van der Waals surface area contributed by atoms with E-state index in [9.17, 15) is 9.18 Å². The van der Waals surface area contributed by atoms with E-state index in [1.807, 2.05) is 12.1 Å². The molecule has 0 bridgehead atoms. The number of rotatable bonds is 5. The van der Waals surface area contributed by atoms with Gasteiger partial charge in [-0.3, -0.25) is 14.6 Å². The molecule has 1 amide bonds. The summed E-state index contributed by atoms with van der Waals surface area (Å²) in [7, 11) is 0. The predicted molar refractivity (Wildman–Crippen MR) is 103 cm³/mol. The Hall–Kier alpha value is -1.66. The average molecular weight is 396 g/mol. The molecule has 4 nitrogen and oxygen atoms in total. The van der Waals surface area contributed by atoms with Crippen molar-refractivity contribution in [2.24, 2.45) is 0 Å². The summed E-state index contributed by atoms with van der Waals surface area (Å²) in [4.78, 5) is 16.7. The second-order valence-electron chi connectivity index (χ2n) is 6.35. The van der Waals surface area contributed by atoms with Crippen LogP contribution in [0.25, 0.3) is 0 Å². The van der Waals surface area contributed by atoms with Crippen molar-refractivity contribution in [3.8, 4) is 0 Å². The van der Waals surface area contributed by atoms with Crippen LogP contribution in [-0.2, 0) is 11.3 Å². The molecule has 1 saturated heterocycles. The zero-order valence-electron chi connectivity index (χ0n) is 14.2. The number of halogens is 3. The normalized spacial score (nSPS) is 15.8. The minimum Gasteiger partial charge on any atom is -0.324 e. The lowest BCUT2D eigenvalue weighted by molar-refractivity contribution is -0.117. The number of hydrogen-bond donors (Lipinski definition) is 1. The number of carbonyl (C=O) groups is 1. The summed E-state index contributed by atoms with van der Waals surface area (Å²) in [6.45, 7) is 4.44. The predicted octanol–water partition coefficient (Wildman–Crippen LogP) is 3.89. The Bertz CT molecular complexity index is 762. The highest BCUT2D eigenvalue weighted by Gasteiger charge is 2.19. The largest absolute Gasteiger partial charge is 0.324 e. The third-order valence-corrected chi connectivity index (χ3v) is 4.92. The van der Waals surface area contributed by atoms with Crippen molar-refractivity contribution in [1.82, 2.24) is 9.80 Å². The maximum absolute atomic E-state index is 13.0. The molecule has 3 rings (SSSR count). The highest BCUT2D eigenvalue weighted by Crippen LogP contribution is 2.25. The molecule has 0 saturated carbocycles. The molecule has 0 unspecified atom stereocenters. The number of amides is 1. The first kappa shape index (κ1) is 19.1. The van der Waals surface area contributed by atoms with Crippen LogP contribution in [0.15, 0.2) is 42.5 Å². The van der Waals surface area contributed by atoms with E-state index in [2.05, 4.69) is 15.1 Å². The fourth-order valence-corrected chi connectivity index (χ4v) is 3.28. The van der Waals surface area contributed by atoms with Gasteiger partial charge in [0.1, 0.15) is 5.82 Å². The van der Waals surface area contributed by atoms with Gasteiger partial charge in [-0.2, -0.15) is 0 Å². The van der Waals surface area contributed by atoms with Crippen LogP contribution in [0.3, 0.4) is 0 Å². The third-order valence-electron chi connectivity index (χ3n) is 4.35. The van der Waals surface area contributed by atoms with Gasteiger partial charge >= 0.3 is 0 Å². The summed E-state index contributed by atoms with van der Waals surface area (Å²) in [6, 6.07) is 11.6. The van der Waals surface area contributed by atoms with E-state index in [1.165, 1.54) is 12.1 Å². The van der Waals surface area contributed by atoms with E-state index in [0.717, 1.165) is 38.3 Å². The van der Waals surface area contributed by atoms with Crippen LogP contribution in [0.4, 0.5) is 10.1 Å². The van der Waals surface area contributed by atoms with E-state index >= 15 is 0 Å². The Morgan fingerprint density at radius 3 is 2.35 bits per heavy atom. The monoisotopic (exact) mass is 395 g/mol. The van der Waals surface area contributed by atoms with Crippen LogP contribution in [-0.4, -0.2) is 48.4 Å². The van der Waals surface area contributed by atoms with Gasteiger partial charge < -0.3 is 5.32 Å². The molecule has 7 heteroatoms. The van der Waals surface area contributed by atoms with E-state index in [4.69, 9.17) is 23.2 Å². The molecule has 2 aromatic carbocycles.